The van der Waals surface area contributed by atoms with Crippen LogP contribution in [0.3, 0.4) is 0 Å². The third kappa shape index (κ3) is 3.01. The third-order valence-corrected chi connectivity index (χ3v) is 4.03. The van der Waals surface area contributed by atoms with Crippen molar-refractivity contribution in [2.75, 3.05) is 0 Å². The molecule has 7 heteroatoms. The van der Waals surface area contributed by atoms with Crippen LogP contribution < -0.4 is 0 Å². The molecule has 0 N–H and O–H groups in total. The second-order valence-corrected chi connectivity index (χ2v) is 5.87. The van der Waals surface area contributed by atoms with Crippen LogP contribution in [0.25, 0.3) is 16.9 Å². The van der Waals surface area contributed by atoms with Gasteiger partial charge in [0.1, 0.15) is 5.69 Å². The molecule has 0 aliphatic heterocycles. The van der Waals surface area contributed by atoms with E-state index >= 15 is 0 Å². The highest BCUT2D eigenvalue weighted by Crippen LogP contribution is 2.34. The molecule has 3 rings (SSSR count). The summed E-state index contributed by atoms with van der Waals surface area (Å²) in [5, 5.41) is 8.14. The summed E-state index contributed by atoms with van der Waals surface area (Å²) in [4.78, 5) is 0. The average molecular weight is 352 g/mol. The molecule has 0 unspecified atom stereocenters. The standard InChI is InChI=1S/C17H13ClF3N3/c1-10-3-5-12(6-4-10)16-11(2)24(23-22-16)15-8-7-13(9-14(15)18)17(19,20)21/h3-9H,1-2H3. The number of aromatic nitrogens is 3. The molecule has 0 radical (unpaired) electrons. The molecule has 0 amide bonds. The first-order chi connectivity index (χ1) is 11.3. The number of aryl methyl sites for hydroxylation is 1. The Kier molecular flexibility index (Phi) is 4.09. The number of rotatable bonds is 2. The summed E-state index contributed by atoms with van der Waals surface area (Å²) in [6.07, 6.45) is -4.44. The molecule has 0 atom stereocenters. The number of alkyl halides is 3. The average Bonchev–Trinajstić information content (AvgIpc) is 2.89. The molecule has 3 nitrogen and oxygen atoms in total. The Hall–Kier alpha value is -2.34. The van der Waals surface area contributed by atoms with Gasteiger partial charge >= 0.3 is 6.18 Å². The van der Waals surface area contributed by atoms with E-state index in [1.54, 1.807) is 6.92 Å². The molecule has 24 heavy (non-hydrogen) atoms. The maximum Gasteiger partial charge on any atom is 0.416 e. The molecule has 3 aromatic rings. The van der Waals surface area contributed by atoms with Crippen molar-refractivity contribution in [2.24, 2.45) is 0 Å². The van der Waals surface area contributed by atoms with Crippen LogP contribution in [0.15, 0.2) is 42.5 Å². The van der Waals surface area contributed by atoms with Gasteiger partial charge in [0.05, 0.1) is 22.0 Å². The first-order valence-electron chi connectivity index (χ1n) is 7.14. The predicted octanol–water partition coefficient (Wildman–Crippen LogP) is 5.22. The van der Waals surface area contributed by atoms with Crippen LogP contribution in [0, 0.1) is 13.8 Å². The number of hydrogen-bond donors (Lipinski definition) is 0. The van der Waals surface area contributed by atoms with Crippen LogP contribution in [0.4, 0.5) is 13.2 Å². The normalized spacial score (nSPS) is 11.8. The first kappa shape index (κ1) is 16.5. The van der Waals surface area contributed by atoms with Crippen molar-refractivity contribution >= 4 is 11.6 Å². The van der Waals surface area contributed by atoms with Gasteiger partial charge < -0.3 is 0 Å². The van der Waals surface area contributed by atoms with Crippen LogP contribution in [0.2, 0.25) is 5.02 Å². The third-order valence-electron chi connectivity index (χ3n) is 3.72. The lowest BCUT2D eigenvalue weighted by Gasteiger charge is -2.10. The van der Waals surface area contributed by atoms with Crippen LogP contribution in [0.1, 0.15) is 16.8 Å². The Balaban J connectivity index is 2.04. The Morgan fingerprint density at radius 2 is 1.67 bits per heavy atom. The van der Waals surface area contributed by atoms with E-state index in [4.69, 9.17) is 11.6 Å². The zero-order valence-corrected chi connectivity index (χ0v) is 13.7. The van der Waals surface area contributed by atoms with Crippen molar-refractivity contribution in [1.29, 1.82) is 0 Å². The number of benzene rings is 2. The molecule has 0 saturated carbocycles. The van der Waals surface area contributed by atoms with Gasteiger partial charge in [0.2, 0.25) is 0 Å². The fraction of sp³-hybridized carbons (Fsp3) is 0.176. The van der Waals surface area contributed by atoms with Crippen LogP contribution >= 0.6 is 11.6 Å². The molecular weight excluding hydrogens is 339 g/mol. The minimum absolute atomic E-state index is 0.0340. The number of hydrogen-bond acceptors (Lipinski definition) is 2. The summed E-state index contributed by atoms with van der Waals surface area (Å²) >= 11 is 6.03. The molecule has 1 heterocycles. The van der Waals surface area contributed by atoms with E-state index in [1.165, 1.54) is 10.7 Å². The van der Waals surface area contributed by atoms with Crippen LogP contribution in [-0.4, -0.2) is 15.0 Å². The quantitative estimate of drug-likeness (QED) is 0.633. The van der Waals surface area contributed by atoms with Gasteiger partial charge in [0.15, 0.2) is 0 Å². The molecule has 0 fully saturated rings. The first-order valence-corrected chi connectivity index (χ1v) is 7.51. The zero-order chi connectivity index (χ0) is 17.5. The summed E-state index contributed by atoms with van der Waals surface area (Å²) in [6, 6.07) is 10.9. The summed E-state index contributed by atoms with van der Waals surface area (Å²) in [5.41, 5.74) is 2.91. The van der Waals surface area contributed by atoms with Crippen molar-refractivity contribution in [2.45, 2.75) is 20.0 Å². The Morgan fingerprint density at radius 1 is 1.00 bits per heavy atom. The Bertz CT molecular complexity index is 883. The van der Waals surface area contributed by atoms with Gasteiger partial charge in [-0.1, -0.05) is 46.6 Å². The smallest absolute Gasteiger partial charge is 0.216 e. The van der Waals surface area contributed by atoms with Crippen molar-refractivity contribution in [3.05, 3.63) is 64.3 Å². The predicted molar refractivity (Wildman–Crippen MR) is 86.3 cm³/mol. The lowest BCUT2D eigenvalue weighted by molar-refractivity contribution is -0.137. The molecule has 0 aliphatic carbocycles. The summed E-state index contributed by atoms with van der Waals surface area (Å²) in [6.45, 7) is 3.78. The fourth-order valence-electron chi connectivity index (χ4n) is 2.39. The van der Waals surface area contributed by atoms with Crippen LogP contribution in [-0.2, 0) is 6.18 Å². The minimum Gasteiger partial charge on any atom is -0.216 e. The van der Waals surface area contributed by atoms with E-state index in [9.17, 15) is 13.2 Å². The zero-order valence-electron chi connectivity index (χ0n) is 12.9. The summed E-state index contributed by atoms with van der Waals surface area (Å²) in [7, 11) is 0. The van der Waals surface area contributed by atoms with Gasteiger partial charge in [-0.3, -0.25) is 0 Å². The van der Waals surface area contributed by atoms with Gasteiger partial charge in [-0.25, -0.2) is 4.68 Å². The Morgan fingerprint density at radius 3 is 2.25 bits per heavy atom. The maximum absolute atomic E-state index is 12.7. The minimum atomic E-state index is -4.44. The van der Waals surface area contributed by atoms with Gasteiger partial charge in [-0.05, 0) is 32.0 Å². The van der Waals surface area contributed by atoms with Crippen molar-refractivity contribution in [1.82, 2.24) is 15.0 Å². The number of halogens is 4. The van der Waals surface area contributed by atoms with Crippen molar-refractivity contribution < 1.29 is 13.2 Å². The van der Waals surface area contributed by atoms with E-state index in [0.29, 0.717) is 17.1 Å². The number of nitrogens with zero attached hydrogens (tertiary/aromatic N) is 3. The highest BCUT2D eigenvalue weighted by Gasteiger charge is 2.31. The topological polar surface area (TPSA) is 30.7 Å². The molecule has 0 spiro atoms. The second-order valence-electron chi connectivity index (χ2n) is 5.47. The van der Waals surface area contributed by atoms with Gasteiger partial charge in [0, 0.05) is 5.56 Å². The van der Waals surface area contributed by atoms with Crippen molar-refractivity contribution in [3.63, 3.8) is 0 Å². The second kappa shape index (κ2) is 5.94. The highest BCUT2D eigenvalue weighted by molar-refractivity contribution is 6.32. The summed E-state index contributed by atoms with van der Waals surface area (Å²) < 4.78 is 39.7. The summed E-state index contributed by atoms with van der Waals surface area (Å²) in [5.74, 6) is 0. The Labute approximate surface area is 141 Å². The van der Waals surface area contributed by atoms with E-state index in [0.717, 1.165) is 23.3 Å². The monoisotopic (exact) mass is 351 g/mol. The molecule has 0 bridgehead atoms. The van der Waals surface area contributed by atoms with E-state index in [1.807, 2.05) is 31.2 Å². The van der Waals surface area contributed by atoms with Crippen LogP contribution in [0.5, 0.6) is 0 Å². The highest BCUT2D eigenvalue weighted by atomic mass is 35.5. The molecule has 0 aliphatic rings. The largest absolute Gasteiger partial charge is 0.416 e. The van der Waals surface area contributed by atoms with Crippen molar-refractivity contribution in [3.8, 4) is 16.9 Å². The molecule has 2 aromatic carbocycles. The molecule has 124 valence electrons. The maximum atomic E-state index is 12.7. The van der Waals surface area contributed by atoms with Gasteiger partial charge in [-0.2, -0.15) is 13.2 Å². The van der Waals surface area contributed by atoms with Gasteiger partial charge in [0.25, 0.3) is 0 Å². The van der Waals surface area contributed by atoms with E-state index < -0.39 is 11.7 Å². The lowest BCUT2D eigenvalue weighted by atomic mass is 10.1. The van der Waals surface area contributed by atoms with Gasteiger partial charge in [-0.15, -0.1) is 5.10 Å². The fourth-order valence-corrected chi connectivity index (χ4v) is 2.65. The molecule has 0 saturated heterocycles. The van der Waals surface area contributed by atoms with E-state index in [-0.39, 0.29) is 5.02 Å². The molecular formula is C17H13ClF3N3. The van der Waals surface area contributed by atoms with E-state index in [2.05, 4.69) is 10.3 Å². The SMILES string of the molecule is Cc1ccc(-c2nnn(-c3ccc(C(F)(F)F)cc3Cl)c2C)cc1. The molecule has 1 aromatic heterocycles. The lowest BCUT2D eigenvalue weighted by Crippen LogP contribution is -2.06.